The van der Waals surface area contributed by atoms with Crippen LogP contribution >= 0.6 is 0 Å². The second-order valence-corrected chi connectivity index (χ2v) is 6.49. The molecule has 9 heteroatoms. The zero-order valence-corrected chi connectivity index (χ0v) is 12.1. The maximum Gasteiger partial charge on any atom is 0.410 e. The minimum Gasteiger partial charge on any atom is -0.496 e. The highest BCUT2D eigenvalue weighted by molar-refractivity contribution is 7.89. The van der Waals surface area contributed by atoms with Gasteiger partial charge in [0.2, 0.25) is 10.0 Å². The number of hydrogen-bond donors (Lipinski definition) is 1. The number of alkyl halides is 3. The van der Waals surface area contributed by atoms with Gasteiger partial charge in [0, 0.05) is 17.5 Å². The number of rotatable bonds is 3. The van der Waals surface area contributed by atoms with Crippen molar-refractivity contribution in [2.24, 2.45) is 5.14 Å². The zero-order valence-electron chi connectivity index (χ0n) is 11.3. The van der Waals surface area contributed by atoms with E-state index in [1.54, 1.807) is 6.92 Å². The highest BCUT2D eigenvalue weighted by Crippen LogP contribution is 2.45. The molecule has 2 N–H and O–H groups in total. The summed E-state index contributed by atoms with van der Waals surface area (Å²) >= 11 is 0. The van der Waals surface area contributed by atoms with Crippen molar-refractivity contribution in [2.45, 2.75) is 30.9 Å². The summed E-state index contributed by atoms with van der Waals surface area (Å²) in [5.41, 5.74) is 0.0961. The van der Waals surface area contributed by atoms with Crippen molar-refractivity contribution in [3.63, 3.8) is 0 Å². The predicted octanol–water partition coefficient (Wildman–Crippen LogP) is 1.91. The lowest BCUT2D eigenvalue weighted by molar-refractivity contribution is -0.131. The maximum absolute atomic E-state index is 13.1. The van der Waals surface area contributed by atoms with Crippen molar-refractivity contribution < 1.29 is 31.1 Å². The van der Waals surface area contributed by atoms with Crippen LogP contribution in [-0.2, 0) is 16.4 Å². The van der Waals surface area contributed by atoms with Crippen LogP contribution in [0, 0.1) is 0 Å². The van der Waals surface area contributed by atoms with Gasteiger partial charge in [-0.1, -0.05) is 0 Å². The van der Waals surface area contributed by atoms with Crippen LogP contribution < -0.4 is 14.6 Å². The molecule has 0 spiro atoms. The second kappa shape index (κ2) is 5.06. The zero-order chi connectivity index (χ0) is 16.0. The Morgan fingerprint density at radius 1 is 1.43 bits per heavy atom. The van der Waals surface area contributed by atoms with Gasteiger partial charge in [-0.05, 0) is 19.1 Å². The molecule has 1 aromatic carbocycles. The molecule has 0 saturated heterocycles. The highest BCUT2D eigenvalue weighted by Gasteiger charge is 2.50. The smallest absolute Gasteiger partial charge is 0.410 e. The number of nitrogens with two attached hydrogens (primary N) is 1. The summed E-state index contributed by atoms with van der Waals surface area (Å²) < 4.78 is 72.3. The molecule has 5 nitrogen and oxygen atoms in total. The van der Waals surface area contributed by atoms with Crippen molar-refractivity contribution in [1.29, 1.82) is 0 Å². The molecule has 2 atom stereocenters. The summed E-state index contributed by atoms with van der Waals surface area (Å²) in [5, 5.41) is 1.89. The largest absolute Gasteiger partial charge is 0.496 e. The lowest BCUT2D eigenvalue weighted by Crippen LogP contribution is -2.33. The molecular weight excluding hydrogens is 311 g/mol. The fourth-order valence-corrected chi connectivity index (χ4v) is 3.29. The van der Waals surface area contributed by atoms with Crippen LogP contribution in [0.15, 0.2) is 12.1 Å². The number of fused-ring (bicyclic) bond motifs is 1. The SMILES string of the molecule is COc1cc2c(cc1C(C(F)(F)F)S(N)(=O)=O)OC(C)C2. The molecule has 1 aliphatic heterocycles. The average molecular weight is 325 g/mol. The van der Waals surface area contributed by atoms with Gasteiger partial charge < -0.3 is 9.47 Å². The van der Waals surface area contributed by atoms with Crippen LogP contribution in [0.4, 0.5) is 13.2 Å². The van der Waals surface area contributed by atoms with E-state index in [2.05, 4.69) is 0 Å². The number of methoxy groups -OCH3 is 1. The first-order valence-corrected chi connectivity index (χ1v) is 7.60. The van der Waals surface area contributed by atoms with E-state index >= 15 is 0 Å². The summed E-state index contributed by atoms with van der Waals surface area (Å²) in [5.74, 6) is 0.0407. The Morgan fingerprint density at radius 3 is 2.52 bits per heavy atom. The summed E-state index contributed by atoms with van der Waals surface area (Å²) in [6, 6.07) is 2.40. The molecule has 118 valence electrons. The third-order valence-corrected chi connectivity index (χ3v) is 4.33. The van der Waals surface area contributed by atoms with Gasteiger partial charge in [0.1, 0.15) is 17.6 Å². The Kier molecular flexibility index (Phi) is 3.83. The standard InChI is InChI=1S/C12H14F3NO4S/c1-6-3-7-4-10(19-2)8(5-9(7)20-6)11(12(13,14)15)21(16,17)18/h4-6,11H,3H2,1-2H3,(H2,16,17,18). The molecule has 1 heterocycles. The lowest BCUT2D eigenvalue weighted by Gasteiger charge is -2.21. The minimum atomic E-state index is -5.06. The molecule has 0 amide bonds. The number of halogens is 3. The minimum absolute atomic E-state index is 0.178. The molecule has 0 fully saturated rings. The lowest BCUT2D eigenvalue weighted by atomic mass is 10.0. The first-order chi connectivity index (χ1) is 9.54. The fraction of sp³-hybridized carbons (Fsp3) is 0.500. The quantitative estimate of drug-likeness (QED) is 0.921. The van der Waals surface area contributed by atoms with Gasteiger partial charge in [0.05, 0.1) is 7.11 Å². The van der Waals surface area contributed by atoms with Crippen LogP contribution in [0.5, 0.6) is 11.5 Å². The Balaban J connectivity index is 2.64. The Hall–Kier alpha value is -1.48. The predicted molar refractivity (Wildman–Crippen MR) is 68.7 cm³/mol. The average Bonchev–Trinajstić information content (AvgIpc) is 2.63. The number of hydrogen-bond acceptors (Lipinski definition) is 4. The van der Waals surface area contributed by atoms with E-state index in [4.69, 9.17) is 14.6 Å². The van der Waals surface area contributed by atoms with E-state index in [0.29, 0.717) is 12.0 Å². The number of ether oxygens (including phenoxy) is 2. The molecule has 21 heavy (non-hydrogen) atoms. The summed E-state index contributed by atoms with van der Waals surface area (Å²) in [6.45, 7) is 1.76. The van der Waals surface area contributed by atoms with Crippen LogP contribution in [0.2, 0.25) is 0 Å². The number of primary sulfonamides is 1. The van der Waals surface area contributed by atoms with Gasteiger partial charge in [-0.25, -0.2) is 13.6 Å². The third-order valence-electron chi connectivity index (χ3n) is 3.16. The van der Waals surface area contributed by atoms with Crippen molar-refractivity contribution >= 4 is 10.0 Å². The second-order valence-electron chi connectivity index (χ2n) is 4.85. The topological polar surface area (TPSA) is 78.6 Å². The molecule has 1 aromatic rings. The monoisotopic (exact) mass is 325 g/mol. The van der Waals surface area contributed by atoms with Gasteiger partial charge in [-0.15, -0.1) is 0 Å². The highest BCUT2D eigenvalue weighted by atomic mass is 32.2. The van der Waals surface area contributed by atoms with Crippen molar-refractivity contribution in [1.82, 2.24) is 0 Å². The number of sulfonamides is 1. The molecule has 0 saturated carbocycles. The molecule has 2 unspecified atom stereocenters. The van der Waals surface area contributed by atoms with Crippen LogP contribution in [0.1, 0.15) is 23.3 Å². The van der Waals surface area contributed by atoms with E-state index in [9.17, 15) is 21.6 Å². The van der Waals surface area contributed by atoms with E-state index in [-0.39, 0.29) is 17.6 Å². The van der Waals surface area contributed by atoms with Gasteiger partial charge in [-0.3, -0.25) is 0 Å². The van der Waals surface area contributed by atoms with E-state index in [1.165, 1.54) is 13.2 Å². The van der Waals surface area contributed by atoms with Gasteiger partial charge in [-0.2, -0.15) is 13.2 Å². The van der Waals surface area contributed by atoms with Crippen LogP contribution in [0.3, 0.4) is 0 Å². The van der Waals surface area contributed by atoms with E-state index in [0.717, 1.165) is 6.07 Å². The molecule has 0 bridgehead atoms. The molecule has 0 aromatic heterocycles. The Labute approximate surface area is 119 Å². The number of benzene rings is 1. The molecule has 0 radical (unpaired) electrons. The fourth-order valence-electron chi connectivity index (χ4n) is 2.38. The first-order valence-electron chi connectivity index (χ1n) is 6.00. The van der Waals surface area contributed by atoms with Gasteiger partial charge in [0.25, 0.3) is 0 Å². The van der Waals surface area contributed by atoms with Crippen LogP contribution in [0.25, 0.3) is 0 Å². The molecule has 0 aliphatic carbocycles. The Morgan fingerprint density at radius 2 is 2.05 bits per heavy atom. The normalized spacial score (nSPS) is 19.8. The van der Waals surface area contributed by atoms with E-state index in [1.807, 2.05) is 0 Å². The van der Waals surface area contributed by atoms with Crippen molar-refractivity contribution in [2.75, 3.05) is 7.11 Å². The van der Waals surface area contributed by atoms with E-state index < -0.39 is 27.0 Å². The van der Waals surface area contributed by atoms with Crippen LogP contribution in [-0.4, -0.2) is 27.8 Å². The maximum atomic E-state index is 13.1. The van der Waals surface area contributed by atoms with Crippen molar-refractivity contribution in [3.05, 3.63) is 23.3 Å². The summed E-state index contributed by atoms with van der Waals surface area (Å²) in [4.78, 5) is 0. The molecule has 1 aliphatic rings. The Bertz CT molecular complexity index is 657. The third kappa shape index (κ3) is 3.08. The molecule has 2 rings (SSSR count). The first kappa shape index (κ1) is 15.9. The van der Waals surface area contributed by atoms with Gasteiger partial charge >= 0.3 is 6.18 Å². The molecular formula is C12H14F3NO4S. The summed E-state index contributed by atoms with van der Waals surface area (Å²) in [6.07, 6.45) is -4.74. The van der Waals surface area contributed by atoms with Gasteiger partial charge in [0.15, 0.2) is 5.25 Å². The summed E-state index contributed by atoms with van der Waals surface area (Å²) in [7, 11) is -3.73. The van der Waals surface area contributed by atoms with Crippen molar-refractivity contribution in [3.8, 4) is 11.5 Å².